The minimum Gasteiger partial charge on any atom is -0.497 e. The first-order valence-electron chi connectivity index (χ1n) is 12.9. The molecule has 0 spiro atoms. The molecule has 40 heavy (non-hydrogen) atoms. The van der Waals surface area contributed by atoms with Crippen LogP contribution in [0.1, 0.15) is 29.7 Å². The van der Waals surface area contributed by atoms with Gasteiger partial charge < -0.3 is 18.9 Å². The van der Waals surface area contributed by atoms with E-state index < -0.39 is 12.0 Å². The Kier molecular flexibility index (Phi) is 6.96. The number of nitrogens with zero attached hydrogens (tertiary/aromatic N) is 2. The molecule has 0 unspecified atom stereocenters. The Balaban J connectivity index is 1.61. The zero-order valence-corrected chi connectivity index (χ0v) is 22.8. The van der Waals surface area contributed by atoms with Gasteiger partial charge in [-0.3, -0.25) is 9.36 Å². The molecular formula is C31H26N2O6S. The van der Waals surface area contributed by atoms with Crippen LogP contribution in [0, 0.1) is 0 Å². The lowest BCUT2D eigenvalue weighted by Gasteiger charge is -2.26. The second-order valence-electron chi connectivity index (χ2n) is 9.11. The van der Waals surface area contributed by atoms with E-state index in [2.05, 4.69) is 0 Å². The highest BCUT2D eigenvalue weighted by Crippen LogP contribution is 2.36. The summed E-state index contributed by atoms with van der Waals surface area (Å²) in [7, 11) is 1.58. The highest BCUT2D eigenvalue weighted by molar-refractivity contribution is 7.07. The molecular weight excluding hydrogens is 528 g/mol. The summed E-state index contributed by atoms with van der Waals surface area (Å²) in [6.45, 7) is 2.91. The van der Waals surface area contributed by atoms with Crippen LogP contribution in [0.15, 0.2) is 88.2 Å². The molecule has 202 valence electrons. The first-order chi connectivity index (χ1) is 19.6. The van der Waals surface area contributed by atoms with Crippen molar-refractivity contribution in [3.8, 4) is 17.2 Å². The summed E-state index contributed by atoms with van der Waals surface area (Å²) in [5.74, 6) is 1.39. The van der Waals surface area contributed by atoms with Crippen molar-refractivity contribution < 1.29 is 23.7 Å². The molecule has 0 amide bonds. The van der Waals surface area contributed by atoms with Crippen molar-refractivity contribution >= 4 is 29.1 Å². The van der Waals surface area contributed by atoms with Crippen LogP contribution in [-0.4, -0.2) is 37.5 Å². The van der Waals surface area contributed by atoms with Crippen molar-refractivity contribution in [1.29, 1.82) is 0 Å². The molecule has 1 atom stereocenters. The van der Waals surface area contributed by atoms with E-state index >= 15 is 0 Å². The fourth-order valence-corrected chi connectivity index (χ4v) is 5.87. The normalized spacial score (nSPS) is 16.2. The maximum Gasteiger partial charge on any atom is 0.338 e. The molecule has 9 heteroatoms. The minimum atomic E-state index is -0.775. The number of hydrogen-bond donors (Lipinski definition) is 0. The molecule has 0 fully saturated rings. The van der Waals surface area contributed by atoms with Crippen LogP contribution < -0.4 is 29.1 Å². The second-order valence-corrected chi connectivity index (χ2v) is 10.1. The summed E-state index contributed by atoms with van der Waals surface area (Å²) in [5, 5.41) is 0. The summed E-state index contributed by atoms with van der Waals surface area (Å²) < 4.78 is 24.4. The first kappa shape index (κ1) is 25.6. The predicted molar refractivity (Wildman–Crippen MR) is 151 cm³/mol. The number of benzene rings is 3. The fraction of sp³-hybridized carbons (Fsp3) is 0.194. The number of rotatable bonds is 6. The SMILES string of the molecule is CCOC(=O)C1=C(c2ccccc2)N=c2s/c(=C\c3ccc4c(c3)OCCO4)c(=O)n2[C@@H]1c1cccc(OC)c1. The zero-order valence-electron chi connectivity index (χ0n) is 22.0. The van der Waals surface area contributed by atoms with Gasteiger partial charge in [-0.15, -0.1) is 0 Å². The lowest BCUT2D eigenvalue weighted by molar-refractivity contribution is -0.138. The molecule has 8 nitrogen and oxygen atoms in total. The predicted octanol–water partition coefficient (Wildman–Crippen LogP) is 3.72. The van der Waals surface area contributed by atoms with E-state index in [1.165, 1.54) is 11.3 Å². The van der Waals surface area contributed by atoms with Crippen LogP contribution >= 0.6 is 11.3 Å². The molecule has 2 aliphatic rings. The minimum absolute atomic E-state index is 0.184. The number of esters is 1. The summed E-state index contributed by atoms with van der Waals surface area (Å²) in [6, 6.07) is 21.6. The van der Waals surface area contributed by atoms with Crippen LogP contribution in [0.2, 0.25) is 0 Å². The Hall–Kier alpha value is -4.63. The van der Waals surface area contributed by atoms with Gasteiger partial charge in [-0.2, -0.15) is 0 Å². The molecule has 0 saturated carbocycles. The Labute approximate surface area is 234 Å². The van der Waals surface area contributed by atoms with Gasteiger partial charge in [0.15, 0.2) is 16.3 Å². The van der Waals surface area contributed by atoms with Crippen LogP contribution in [-0.2, 0) is 9.53 Å². The van der Waals surface area contributed by atoms with Crippen molar-refractivity contribution in [3.63, 3.8) is 0 Å². The van der Waals surface area contributed by atoms with Gasteiger partial charge in [0.25, 0.3) is 5.56 Å². The highest BCUT2D eigenvalue weighted by atomic mass is 32.1. The van der Waals surface area contributed by atoms with Gasteiger partial charge in [-0.05, 0) is 48.4 Å². The number of thiazole rings is 1. The topological polar surface area (TPSA) is 88.4 Å². The van der Waals surface area contributed by atoms with E-state index in [1.54, 1.807) is 24.7 Å². The largest absolute Gasteiger partial charge is 0.497 e. The van der Waals surface area contributed by atoms with Gasteiger partial charge in [-0.1, -0.05) is 59.9 Å². The third-order valence-corrected chi connectivity index (χ3v) is 7.63. The molecule has 0 radical (unpaired) electrons. The molecule has 3 heterocycles. The lowest BCUT2D eigenvalue weighted by Crippen LogP contribution is -2.40. The monoisotopic (exact) mass is 554 g/mol. The van der Waals surface area contributed by atoms with Crippen molar-refractivity contribution in [2.45, 2.75) is 13.0 Å². The lowest BCUT2D eigenvalue weighted by atomic mass is 9.93. The van der Waals surface area contributed by atoms with Crippen molar-refractivity contribution in [2.24, 2.45) is 4.99 Å². The van der Waals surface area contributed by atoms with E-state index in [1.807, 2.05) is 72.8 Å². The summed E-state index contributed by atoms with van der Waals surface area (Å²) in [6.07, 6.45) is 1.81. The summed E-state index contributed by atoms with van der Waals surface area (Å²) in [5.41, 5.74) is 2.75. The van der Waals surface area contributed by atoms with Crippen LogP contribution in [0.3, 0.4) is 0 Å². The second kappa shape index (κ2) is 10.9. The molecule has 0 N–H and O–H groups in total. The Morgan fingerprint density at radius 3 is 2.62 bits per heavy atom. The Morgan fingerprint density at radius 2 is 1.85 bits per heavy atom. The third kappa shape index (κ3) is 4.69. The quantitative estimate of drug-likeness (QED) is 0.338. The van der Waals surface area contributed by atoms with E-state index in [0.29, 0.717) is 56.6 Å². The van der Waals surface area contributed by atoms with Gasteiger partial charge in [0, 0.05) is 5.56 Å². The Morgan fingerprint density at radius 1 is 1.05 bits per heavy atom. The first-order valence-corrected chi connectivity index (χ1v) is 13.7. The van der Waals surface area contributed by atoms with E-state index in [0.717, 1.165) is 11.1 Å². The van der Waals surface area contributed by atoms with Gasteiger partial charge >= 0.3 is 5.97 Å². The number of hydrogen-bond acceptors (Lipinski definition) is 8. The number of aromatic nitrogens is 1. The van der Waals surface area contributed by atoms with Gasteiger partial charge in [0.1, 0.15) is 19.0 Å². The highest BCUT2D eigenvalue weighted by Gasteiger charge is 2.35. The van der Waals surface area contributed by atoms with Gasteiger partial charge in [0.2, 0.25) is 0 Å². The number of fused-ring (bicyclic) bond motifs is 2. The number of carbonyl (C=O) groups is 1. The Bertz CT molecular complexity index is 1810. The van der Waals surface area contributed by atoms with Crippen molar-refractivity contribution in [1.82, 2.24) is 4.57 Å². The molecule has 1 aromatic heterocycles. The number of methoxy groups -OCH3 is 1. The molecule has 0 aliphatic carbocycles. The molecule has 0 bridgehead atoms. The summed E-state index contributed by atoms with van der Waals surface area (Å²) in [4.78, 5) is 32.9. The van der Waals surface area contributed by atoms with Crippen LogP contribution in [0.4, 0.5) is 0 Å². The number of carbonyl (C=O) groups excluding carboxylic acids is 1. The maximum atomic E-state index is 14.0. The van der Waals surface area contributed by atoms with Gasteiger partial charge in [0.05, 0.1) is 35.6 Å². The van der Waals surface area contributed by atoms with Crippen LogP contribution in [0.25, 0.3) is 11.8 Å². The maximum absolute atomic E-state index is 14.0. The average Bonchev–Trinajstić information content (AvgIpc) is 3.30. The average molecular weight is 555 g/mol. The molecule has 4 aromatic rings. The van der Waals surface area contributed by atoms with E-state index in [-0.39, 0.29) is 12.2 Å². The fourth-order valence-electron chi connectivity index (χ4n) is 4.87. The molecule has 6 rings (SSSR count). The van der Waals surface area contributed by atoms with E-state index in [4.69, 9.17) is 23.9 Å². The number of ether oxygens (including phenoxy) is 4. The van der Waals surface area contributed by atoms with Gasteiger partial charge in [-0.25, -0.2) is 9.79 Å². The van der Waals surface area contributed by atoms with E-state index in [9.17, 15) is 9.59 Å². The smallest absolute Gasteiger partial charge is 0.338 e. The van der Waals surface area contributed by atoms with Crippen molar-refractivity contribution in [3.05, 3.63) is 115 Å². The third-order valence-electron chi connectivity index (χ3n) is 6.65. The van der Waals surface area contributed by atoms with Crippen molar-refractivity contribution in [2.75, 3.05) is 26.9 Å². The standard InChI is InChI=1S/C31H26N2O6S/c1-3-37-30(35)26-27(20-8-5-4-6-9-20)32-31-33(28(26)21-10-7-11-22(18-21)36-2)29(34)25(40-31)17-19-12-13-23-24(16-19)39-15-14-38-23/h4-13,16-18,28H,3,14-15H2,1-2H3/b25-17-/t28-/m1/s1. The molecule has 3 aromatic carbocycles. The summed E-state index contributed by atoms with van der Waals surface area (Å²) >= 11 is 1.27. The van der Waals surface area contributed by atoms with Crippen LogP contribution in [0.5, 0.6) is 17.2 Å². The molecule has 0 saturated heterocycles. The zero-order chi connectivity index (χ0) is 27.6. The molecule has 2 aliphatic heterocycles.